The van der Waals surface area contributed by atoms with Crippen molar-refractivity contribution in [3.05, 3.63) is 60.0 Å². The monoisotopic (exact) mass is 327 g/mol. The molecule has 1 amide bonds. The van der Waals surface area contributed by atoms with E-state index in [2.05, 4.69) is 15.6 Å². The highest BCUT2D eigenvalue weighted by Crippen LogP contribution is 2.19. The average molecular weight is 327 g/mol. The predicted octanol–water partition coefficient (Wildman–Crippen LogP) is 2.25. The molecule has 8 heteroatoms. The first-order valence-corrected chi connectivity index (χ1v) is 7.01. The standard InChI is InChI=1S/C16H14FN5O2/c1-24-13-8-4-11(5-9-13)19-16(23)14-15(18)22(21-20-14)12-6-2-10(17)3-7-12/h2-9H,18H2,1H3,(H,19,23). The van der Waals surface area contributed by atoms with Gasteiger partial charge in [-0.15, -0.1) is 5.10 Å². The van der Waals surface area contributed by atoms with Crippen LogP contribution in [0.2, 0.25) is 0 Å². The molecule has 2 aromatic carbocycles. The van der Waals surface area contributed by atoms with Crippen molar-refractivity contribution in [2.75, 3.05) is 18.2 Å². The van der Waals surface area contributed by atoms with E-state index in [1.807, 2.05) is 0 Å². The molecule has 0 aliphatic carbocycles. The number of ether oxygens (including phenoxy) is 1. The van der Waals surface area contributed by atoms with Crippen LogP contribution in [0.1, 0.15) is 10.5 Å². The van der Waals surface area contributed by atoms with Crippen LogP contribution in [0.15, 0.2) is 48.5 Å². The molecule has 0 fully saturated rings. The third-order valence-corrected chi connectivity index (χ3v) is 3.34. The van der Waals surface area contributed by atoms with Gasteiger partial charge in [-0.25, -0.2) is 4.39 Å². The van der Waals surface area contributed by atoms with Crippen LogP contribution in [-0.2, 0) is 0 Å². The van der Waals surface area contributed by atoms with Gasteiger partial charge in [-0.2, -0.15) is 4.68 Å². The summed E-state index contributed by atoms with van der Waals surface area (Å²) >= 11 is 0. The van der Waals surface area contributed by atoms with E-state index in [1.165, 1.54) is 28.9 Å². The van der Waals surface area contributed by atoms with Crippen molar-refractivity contribution in [2.24, 2.45) is 0 Å². The number of nitrogens with zero attached hydrogens (tertiary/aromatic N) is 3. The summed E-state index contributed by atoms with van der Waals surface area (Å²) in [5.74, 6) is -0.136. The molecule has 3 N–H and O–H groups in total. The highest BCUT2D eigenvalue weighted by molar-refractivity contribution is 6.05. The largest absolute Gasteiger partial charge is 0.497 e. The normalized spacial score (nSPS) is 10.4. The third-order valence-electron chi connectivity index (χ3n) is 3.34. The zero-order chi connectivity index (χ0) is 17.1. The summed E-state index contributed by atoms with van der Waals surface area (Å²) in [4.78, 5) is 12.3. The molecule has 0 atom stereocenters. The number of aromatic nitrogens is 3. The second-order valence-corrected chi connectivity index (χ2v) is 4.89. The predicted molar refractivity (Wildman–Crippen MR) is 86.7 cm³/mol. The molecular weight excluding hydrogens is 313 g/mol. The minimum Gasteiger partial charge on any atom is -0.497 e. The third kappa shape index (κ3) is 3.02. The van der Waals surface area contributed by atoms with Gasteiger partial charge in [0.1, 0.15) is 11.6 Å². The lowest BCUT2D eigenvalue weighted by Gasteiger charge is -2.06. The van der Waals surface area contributed by atoms with Gasteiger partial charge in [-0.3, -0.25) is 4.79 Å². The van der Waals surface area contributed by atoms with Gasteiger partial charge in [-0.1, -0.05) is 5.21 Å². The van der Waals surface area contributed by atoms with Gasteiger partial charge in [0.2, 0.25) is 0 Å². The minimum absolute atomic E-state index is 0.0184. The molecule has 0 saturated heterocycles. The first kappa shape index (κ1) is 15.5. The van der Waals surface area contributed by atoms with E-state index in [4.69, 9.17) is 10.5 Å². The molecule has 0 unspecified atom stereocenters. The van der Waals surface area contributed by atoms with E-state index in [0.29, 0.717) is 17.1 Å². The number of rotatable bonds is 4. The molecule has 3 rings (SSSR count). The topological polar surface area (TPSA) is 95.1 Å². The average Bonchev–Trinajstić information content (AvgIpc) is 2.98. The van der Waals surface area contributed by atoms with Crippen LogP contribution < -0.4 is 15.8 Å². The molecule has 0 spiro atoms. The van der Waals surface area contributed by atoms with Crippen LogP contribution >= 0.6 is 0 Å². The molecule has 122 valence electrons. The Balaban J connectivity index is 1.81. The molecule has 7 nitrogen and oxygen atoms in total. The Bertz CT molecular complexity index is 859. The number of benzene rings is 2. The van der Waals surface area contributed by atoms with Crippen LogP contribution in [0.5, 0.6) is 5.75 Å². The van der Waals surface area contributed by atoms with E-state index in [1.54, 1.807) is 31.4 Å². The Morgan fingerprint density at radius 3 is 2.46 bits per heavy atom. The summed E-state index contributed by atoms with van der Waals surface area (Å²) in [6.07, 6.45) is 0. The van der Waals surface area contributed by atoms with Gasteiger partial charge in [0.05, 0.1) is 12.8 Å². The maximum atomic E-state index is 13.0. The second kappa shape index (κ2) is 6.37. The van der Waals surface area contributed by atoms with E-state index >= 15 is 0 Å². The number of nitrogens with two attached hydrogens (primary N) is 1. The number of carbonyl (C=O) groups is 1. The van der Waals surface area contributed by atoms with Crippen molar-refractivity contribution in [2.45, 2.75) is 0 Å². The zero-order valence-electron chi connectivity index (χ0n) is 12.7. The fourth-order valence-corrected chi connectivity index (χ4v) is 2.09. The molecule has 1 heterocycles. The quantitative estimate of drug-likeness (QED) is 0.766. The smallest absolute Gasteiger partial charge is 0.280 e. The van der Waals surface area contributed by atoms with E-state index in [9.17, 15) is 9.18 Å². The molecule has 1 aromatic heterocycles. The summed E-state index contributed by atoms with van der Waals surface area (Å²) in [6.45, 7) is 0. The molecular formula is C16H14FN5O2. The van der Waals surface area contributed by atoms with Crippen molar-refractivity contribution in [1.82, 2.24) is 15.0 Å². The minimum atomic E-state index is -0.494. The van der Waals surface area contributed by atoms with Gasteiger partial charge in [0.15, 0.2) is 11.5 Å². The molecule has 0 aliphatic rings. The van der Waals surface area contributed by atoms with Crippen molar-refractivity contribution < 1.29 is 13.9 Å². The molecule has 0 radical (unpaired) electrons. The Morgan fingerprint density at radius 1 is 1.17 bits per heavy atom. The second-order valence-electron chi connectivity index (χ2n) is 4.89. The summed E-state index contributed by atoms with van der Waals surface area (Å²) in [6, 6.07) is 12.3. The van der Waals surface area contributed by atoms with Crippen molar-refractivity contribution >= 4 is 17.4 Å². The number of carbonyl (C=O) groups excluding carboxylic acids is 1. The van der Waals surface area contributed by atoms with Crippen LogP contribution in [0.3, 0.4) is 0 Å². The number of hydrogen-bond donors (Lipinski definition) is 2. The molecule has 0 saturated carbocycles. The number of hydrogen-bond acceptors (Lipinski definition) is 5. The maximum Gasteiger partial charge on any atom is 0.280 e. The Hall–Kier alpha value is -3.42. The highest BCUT2D eigenvalue weighted by Gasteiger charge is 2.18. The Morgan fingerprint density at radius 2 is 1.83 bits per heavy atom. The zero-order valence-corrected chi connectivity index (χ0v) is 12.7. The number of amides is 1. The SMILES string of the molecule is COc1ccc(NC(=O)c2nnn(-c3ccc(F)cc3)c2N)cc1. The van der Waals surface area contributed by atoms with Gasteiger partial charge in [-0.05, 0) is 48.5 Å². The van der Waals surface area contributed by atoms with E-state index < -0.39 is 5.91 Å². The van der Waals surface area contributed by atoms with Gasteiger partial charge < -0.3 is 15.8 Å². The maximum absolute atomic E-state index is 13.0. The summed E-state index contributed by atoms with van der Waals surface area (Å²) in [5, 5.41) is 10.3. The van der Waals surface area contributed by atoms with Crippen LogP contribution in [0, 0.1) is 5.82 Å². The number of anilines is 2. The summed E-state index contributed by atoms with van der Waals surface area (Å²) < 4.78 is 19.3. The lowest BCUT2D eigenvalue weighted by Crippen LogP contribution is -2.15. The first-order chi connectivity index (χ1) is 11.6. The van der Waals surface area contributed by atoms with Crippen molar-refractivity contribution in [1.29, 1.82) is 0 Å². The fourth-order valence-electron chi connectivity index (χ4n) is 2.09. The lowest BCUT2D eigenvalue weighted by molar-refractivity contribution is 0.102. The highest BCUT2D eigenvalue weighted by atomic mass is 19.1. The number of methoxy groups -OCH3 is 1. The van der Waals surface area contributed by atoms with Crippen LogP contribution in [0.25, 0.3) is 5.69 Å². The molecule has 0 bridgehead atoms. The van der Waals surface area contributed by atoms with Crippen LogP contribution in [-0.4, -0.2) is 28.0 Å². The number of halogens is 1. The fraction of sp³-hybridized carbons (Fsp3) is 0.0625. The van der Waals surface area contributed by atoms with Gasteiger partial charge in [0.25, 0.3) is 5.91 Å². The molecule has 3 aromatic rings. The number of nitrogens with one attached hydrogen (secondary N) is 1. The first-order valence-electron chi connectivity index (χ1n) is 7.01. The summed E-state index contributed by atoms with van der Waals surface area (Å²) in [7, 11) is 1.56. The van der Waals surface area contributed by atoms with E-state index in [0.717, 1.165) is 0 Å². The van der Waals surface area contributed by atoms with Gasteiger partial charge >= 0.3 is 0 Å². The number of nitrogen functional groups attached to an aromatic ring is 1. The van der Waals surface area contributed by atoms with E-state index in [-0.39, 0.29) is 17.3 Å². The van der Waals surface area contributed by atoms with Gasteiger partial charge in [0, 0.05) is 5.69 Å². The Kier molecular flexibility index (Phi) is 4.11. The Labute approximate surface area is 136 Å². The summed E-state index contributed by atoms with van der Waals surface area (Å²) in [5.41, 5.74) is 6.99. The lowest BCUT2D eigenvalue weighted by atomic mass is 10.3. The molecule has 0 aliphatic heterocycles. The van der Waals surface area contributed by atoms with Crippen molar-refractivity contribution in [3.8, 4) is 11.4 Å². The molecule has 24 heavy (non-hydrogen) atoms. The van der Waals surface area contributed by atoms with Crippen LogP contribution in [0.4, 0.5) is 15.9 Å². The van der Waals surface area contributed by atoms with Crippen molar-refractivity contribution in [3.63, 3.8) is 0 Å².